The minimum Gasteiger partial charge on any atom is -0.393 e. The Kier molecular flexibility index (Phi) is 4.58. The number of ether oxygens (including phenoxy) is 3. The number of aliphatic hydroxyl groups excluding tert-OH is 1. The zero-order valence-electron chi connectivity index (χ0n) is 9.93. The van der Waals surface area contributed by atoms with E-state index in [1.54, 1.807) is 7.11 Å². The largest absolute Gasteiger partial charge is 0.393 e. The highest BCUT2D eigenvalue weighted by Gasteiger charge is 2.44. The van der Waals surface area contributed by atoms with E-state index in [-0.39, 0.29) is 6.10 Å². The molecule has 0 aromatic rings. The van der Waals surface area contributed by atoms with Gasteiger partial charge in [0.15, 0.2) is 0 Å². The van der Waals surface area contributed by atoms with Crippen LogP contribution in [0.3, 0.4) is 0 Å². The smallest absolute Gasteiger partial charge is 0.147 e. The fraction of sp³-hybridized carbons (Fsp3) is 1.00. The van der Waals surface area contributed by atoms with Crippen LogP contribution in [0.15, 0.2) is 0 Å². The Morgan fingerprint density at radius 2 is 1.88 bits per heavy atom. The molecule has 2 saturated carbocycles. The quantitative estimate of drug-likeness (QED) is 0.549. The Morgan fingerprint density at radius 1 is 1.06 bits per heavy atom. The van der Waals surface area contributed by atoms with Crippen LogP contribution in [0.4, 0.5) is 0 Å². The lowest BCUT2D eigenvalue weighted by molar-refractivity contribution is -0.108. The van der Waals surface area contributed by atoms with Gasteiger partial charge in [0, 0.05) is 7.11 Å². The Morgan fingerprint density at radius 3 is 2.69 bits per heavy atom. The maximum atomic E-state index is 9.76. The van der Waals surface area contributed by atoms with Crippen molar-refractivity contribution in [3.8, 4) is 0 Å². The Balaban J connectivity index is 1.64. The van der Waals surface area contributed by atoms with Crippen LogP contribution in [0.5, 0.6) is 0 Å². The van der Waals surface area contributed by atoms with E-state index in [2.05, 4.69) is 0 Å². The highest BCUT2D eigenvalue weighted by Crippen LogP contribution is 2.45. The van der Waals surface area contributed by atoms with Gasteiger partial charge in [0.25, 0.3) is 0 Å². The molecule has 0 radical (unpaired) electrons. The second-order valence-corrected chi connectivity index (χ2v) is 4.77. The van der Waals surface area contributed by atoms with E-state index in [0.29, 0.717) is 37.9 Å². The molecule has 0 spiro atoms. The molecule has 94 valence electrons. The van der Waals surface area contributed by atoms with E-state index in [4.69, 9.17) is 14.2 Å². The fourth-order valence-corrected chi connectivity index (χ4v) is 3.06. The van der Waals surface area contributed by atoms with Crippen molar-refractivity contribution in [2.24, 2.45) is 11.8 Å². The minimum atomic E-state index is -0.0898. The average molecular weight is 230 g/mol. The van der Waals surface area contributed by atoms with E-state index in [9.17, 15) is 5.11 Å². The van der Waals surface area contributed by atoms with Crippen molar-refractivity contribution in [3.63, 3.8) is 0 Å². The normalized spacial score (nSPS) is 37.9. The molecule has 16 heavy (non-hydrogen) atoms. The molecule has 4 atom stereocenters. The first kappa shape index (κ1) is 12.3. The van der Waals surface area contributed by atoms with Crippen molar-refractivity contribution >= 4 is 0 Å². The van der Waals surface area contributed by atoms with Crippen LogP contribution in [-0.4, -0.2) is 44.4 Å². The monoisotopic (exact) mass is 230 g/mol. The molecular formula is C12H22O4. The molecule has 2 fully saturated rings. The first-order valence-electron chi connectivity index (χ1n) is 6.19. The summed E-state index contributed by atoms with van der Waals surface area (Å²) in [6.07, 6.45) is 4.43. The van der Waals surface area contributed by atoms with Gasteiger partial charge in [-0.25, -0.2) is 0 Å². The van der Waals surface area contributed by atoms with Crippen molar-refractivity contribution in [3.05, 3.63) is 0 Å². The summed E-state index contributed by atoms with van der Waals surface area (Å²) in [5, 5.41) is 9.76. The van der Waals surface area contributed by atoms with Crippen LogP contribution in [0.25, 0.3) is 0 Å². The standard InChI is InChI=1S/C12H22O4/c1-14-6-7-15-8-16-12-5-3-9-10(12)2-4-11(9)13/h9-13H,2-8H2,1H3/t9-,10-,11-,12-/m0/s1. The molecule has 0 aliphatic heterocycles. The van der Waals surface area contributed by atoms with E-state index in [1.807, 2.05) is 0 Å². The van der Waals surface area contributed by atoms with Crippen LogP contribution < -0.4 is 0 Å². The third-order valence-corrected chi connectivity index (χ3v) is 3.90. The molecule has 2 aliphatic rings. The first-order chi connectivity index (χ1) is 7.83. The van der Waals surface area contributed by atoms with Gasteiger partial charge in [-0.05, 0) is 37.5 Å². The fourth-order valence-electron chi connectivity index (χ4n) is 3.06. The Labute approximate surface area is 96.9 Å². The van der Waals surface area contributed by atoms with Crippen molar-refractivity contribution in [2.75, 3.05) is 27.1 Å². The highest BCUT2D eigenvalue weighted by molar-refractivity contribution is 4.94. The number of rotatable bonds is 6. The van der Waals surface area contributed by atoms with Gasteiger partial charge in [0.1, 0.15) is 6.79 Å². The number of hydrogen-bond acceptors (Lipinski definition) is 4. The average Bonchev–Trinajstić information content (AvgIpc) is 2.83. The maximum Gasteiger partial charge on any atom is 0.147 e. The Hall–Kier alpha value is -0.160. The minimum absolute atomic E-state index is 0.0898. The zero-order valence-corrected chi connectivity index (χ0v) is 9.93. The number of fused-ring (bicyclic) bond motifs is 1. The topological polar surface area (TPSA) is 47.9 Å². The number of hydrogen-bond donors (Lipinski definition) is 1. The third kappa shape index (κ3) is 2.74. The predicted molar refractivity (Wildman–Crippen MR) is 59.0 cm³/mol. The van der Waals surface area contributed by atoms with Gasteiger partial charge in [-0.2, -0.15) is 0 Å². The van der Waals surface area contributed by atoms with Crippen LogP contribution >= 0.6 is 0 Å². The molecule has 1 N–H and O–H groups in total. The summed E-state index contributed by atoms with van der Waals surface area (Å²) >= 11 is 0. The summed E-state index contributed by atoms with van der Waals surface area (Å²) in [5.41, 5.74) is 0. The molecule has 0 amide bonds. The lowest BCUT2D eigenvalue weighted by atomic mass is 9.98. The number of aliphatic hydroxyl groups is 1. The summed E-state index contributed by atoms with van der Waals surface area (Å²) in [6, 6.07) is 0. The molecule has 4 nitrogen and oxygen atoms in total. The lowest BCUT2D eigenvalue weighted by Crippen LogP contribution is -2.22. The second-order valence-electron chi connectivity index (χ2n) is 4.77. The number of methoxy groups -OCH3 is 1. The van der Waals surface area contributed by atoms with Crippen LogP contribution in [0.2, 0.25) is 0 Å². The summed E-state index contributed by atoms with van der Waals surface area (Å²) in [4.78, 5) is 0. The summed E-state index contributed by atoms with van der Waals surface area (Å²) < 4.78 is 15.9. The predicted octanol–water partition coefficient (Wildman–Crippen LogP) is 1.17. The van der Waals surface area contributed by atoms with Crippen molar-refractivity contribution in [1.29, 1.82) is 0 Å². The maximum absolute atomic E-state index is 9.76. The molecular weight excluding hydrogens is 208 g/mol. The van der Waals surface area contributed by atoms with E-state index < -0.39 is 0 Å². The van der Waals surface area contributed by atoms with Crippen LogP contribution in [-0.2, 0) is 14.2 Å². The molecule has 0 bridgehead atoms. The van der Waals surface area contributed by atoms with Crippen molar-refractivity contribution in [1.82, 2.24) is 0 Å². The van der Waals surface area contributed by atoms with Gasteiger partial charge in [0.2, 0.25) is 0 Å². The van der Waals surface area contributed by atoms with Crippen molar-refractivity contribution < 1.29 is 19.3 Å². The van der Waals surface area contributed by atoms with E-state index >= 15 is 0 Å². The lowest BCUT2D eigenvalue weighted by Gasteiger charge is -2.19. The van der Waals surface area contributed by atoms with Crippen LogP contribution in [0.1, 0.15) is 25.7 Å². The van der Waals surface area contributed by atoms with Gasteiger partial charge in [-0.3, -0.25) is 0 Å². The van der Waals surface area contributed by atoms with E-state index in [0.717, 1.165) is 25.7 Å². The molecule has 0 aromatic heterocycles. The van der Waals surface area contributed by atoms with Crippen molar-refractivity contribution in [2.45, 2.75) is 37.9 Å². The van der Waals surface area contributed by atoms with Gasteiger partial charge in [-0.15, -0.1) is 0 Å². The summed E-state index contributed by atoms with van der Waals surface area (Å²) in [7, 11) is 1.66. The second kappa shape index (κ2) is 5.96. The molecule has 0 heterocycles. The molecule has 0 aromatic carbocycles. The molecule has 0 saturated heterocycles. The van der Waals surface area contributed by atoms with Gasteiger partial charge < -0.3 is 19.3 Å². The molecule has 2 aliphatic carbocycles. The third-order valence-electron chi connectivity index (χ3n) is 3.90. The molecule has 2 rings (SSSR count). The molecule has 4 heteroatoms. The first-order valence-corrected chi connectivity index (χ1v) is 6.19. The summed E-state index contributed by atoms with van der Waals surface area (Å²) in [6.45, 7) is 1.55. The SMILES string of the molecule is COCCOCO[C@H]1CC[C@H]2[C@@H]1CC[C@@H]2O. The summed E-state index contributed by atoms with van der Waals surface area (Å²) in [5.74, 6) is 1.03. The van der Waals surface area contributed by atoms with Crippen LogP contribution in [0, 0.1) is 11.8 Å². The van der Waals surface area contributed by atoms with E-state index in [1.165, 1.54) is 0 Å². The van der Waals surface area contributed by atoms with Gasteiger partial charge in [0.05, 0.1) is 25.4 Å². The zero-order chi connectivity index (χ0) is 11.4. The molecule has 0 unspecified atom stereocenters. The van der Waals surface area contributed by atoms with Gasteiger partial charge >= 0.3 is 0 Å². The highest BCUT2D eigenvalue weighted by atomic mass is 16.7. The Bertz CT molecular complexity index is 209. The van der Waals surface area contributed by atoms with Gasteiger partial charge in [-0.1, -0.05) is 0 Å².